The van der Waals surface area contributed by atoms with Crippen LogP contribution in [0, 0.1) is 12.8 Å². The normalized spacial score (nSPS) is 17.1. The van der Waals surface area contributed by atoms with E-state index in [1.807, 2.05) is 12.1 Å². The maximum atomic E-state index is 12.5. The number of hydrogen-bond acceptors (Lipinski definition) is 4. The Morgan fingerprint density at radius 2 is 2.12 bits per heavy atom. The molecular weight excluding hydrogens is 306 g/mol. The second-order valence-electron chi connectivity index (χ2n) is 6.17. The van der Waals surface area contributed by atoms with Crippen LogP contribution in [0.15, 0.2) is 35.3 Å². The van der Waals surface area contributed by atoms with E-state index in [-0.39, 0.29) is 17.0 Å². The summed E-state index contributed by atoms with van der Waals surface area (Å²) in [4.78, 5) is 32.8. The van der Waals surface area contributed by atoms with E-state index in [0.29, 0.717) is 24.8 Å². The Balaban J connectivity index is 1.64. The van der Waals surface area contributed by atoms with Gasteiger partial charge in [-0.05, 0) is 43.4 Å². The lowest BCUT2D eigenvalue weighted by Gasteiger charge is -2.16. The molecule has 1 amide bonds. The molecule has 1 aliphatic heterocycles. The summed E-state index contributed by atoms with van der Waals surface area (Å²) in [5, 5.41) is 0. The maximum Gasteiger partial charge on any atom is 0.263 e. The van der Waals surface area contributed by atoms with Crippen LogP contribution in [0.3, 0.4) is 0 Å². The average Bonchev–Trinajstić information content (AvgIpc) is 3.03. The van der Waals surface area contributed by atoms with Gasteiger partial charge in [-0.15, -0.1) is 0 Å². The number of nitrogens with one attached hydrogen (secondary N) is 1. The third-order valence-corrected chi connectivity index (χ3v) is 4.41. The summed E-state index contributed by atoms with van der Waals surface area (Å²) in [6, 6.07) is 8.01. The predicted molar refractivity (Wildman–Crippen MR) is 90.3 cm³/mol. The predicted octanol–water partition coefficient (Wildman–Crippen LogP) is 1.79. The number of aromatic amines is 1. The first kappa shape index (κ1) is 16.2. The van der Waals surface area contributed by atoms with Gasteiger partial charge in [0.15, 0.2) is 0 Å². The molecule has 24 heavy (non-hydrogen) atoms. The molecule has 1 atom stereocenters. The van der Waals surface area contributed by atoms with Crippen molar-refractivity contribution in [2.24, 2.45) is 5.92 Å². The lowest BCUT2D eigenvalue weighted by Crippen LogP contribution is -2.33. The third-order valence-electron chi connectivity index (χ3n) is 4.41. The summed E-state index contributed by atoms with van der Waals surface area (Å²) in [6.45, 7) is 3.03. The minimum atomic E-state index is -0.369. The van der Waals surface area contributed by atoms with Crippen LogP contribution >= 0.6 is 0 Å². The van der Waals surface area contributed by atoms with E-state index in [0.717, 1.165) is 18.6 Å². The molecule has 2 aromatic rings. The van der Waals surface area contributed by atoms with Gasteiger partial charge in [-0.2, -0.15) is 0 Å². The standard InChI is InChI=1S/C18H21N3O3/c1-12-19-10-16(17(22)20-12)18(23)21-8-7-14(11-21)9-13-3-5-15(24-2)6-4-13/h3-6,10,14H,7-9,11H2,1-2H3,(H,19,20,22). The number of H-pyrrole nitrogens is 1. The third kappa shape index (κ3) is 3.48. The zero-order valence-electron chi connectivity index (χ0n) is 13.9. The molecule has 1 aromatic heterocycles. The van der Waals surface area contributed by atoms with Crippen LogP contribution in [0.4, 0.5) is 0 Å². The molecule has 6 nitrogen and oxygen atoms in total. The van der Waals surface area contributed by atoms with Gasteiger partial charge in [0.25, 0.3) is 11.5 Å². The molecule has 0 saturated carbocycles. The van der Waals surface area contributed by atoms with Crippen LogP contribution < -0.4 is 10.3 Å². The quantitative estimate of drug-likeness (QED) is 0.929. The van der Waals surface area contributed by atoms with Gasteiger partial charge in [-0.25, -0.2) is 4.98 Å². The Morgan fingerprint density at radius 3 is 2.79 bits per heavy atom. The molecule has 1 unspecified atom stereocenters. The number of aryl methyl sites for hydroxylation is 1. The zero-order chi connectivity index (χ0) is 17.1. The van der Waals surface area contributed by atoms with Crippen LogP contribution in [-0.4, -0.2) is 41.0 Å². The zero-order valence-corrected chi connectivity index (χ0v) is 13.9. The van der Waals surface area contributed by atoms with Crippen molar-refractivity contribution in [2.75, 3.05) is 20.2 Å². The van der Waals surface area contributed by atoms with E-state index < -0.39 is 0 Å². The molecule has 2 heterocycles. The van der Waals surface area contributed by atoms with Gasteiger partial charge in [-0.3, -0.25) is 9.59 Å². The van der Waals surface area contributed by atoms with E-state index >= 15 is 0 Å². The SMILES string of the molecule is COc1ccc(CC2CCN(C(=O)c3cnc(C)[nH]c3=O)C2)cc1. The first-order valence-electron chi connectivity index (χ1n) is 8.05. The molecule has 1 aliphatic rings. The van der Waals surface area contributed by atoms with Crippen molar-refractivity contribution >= 4 is 5.91 Å². The van der Waals surface area contributed by atoms with Gasteiger partial charge in [0, 0.05) is 19.3 Å². The monoisotopic (exact) mass is 327 g/mol. The number of aromatic nitrogens is 2. The Labute approximate surface area is 140 Å². The fraction of sp³-hybridized carbons (Fsp3) is 0.389. The lowest BCUT2D eigenvalue weighted by molar-refractivity contribution is 0.0785. The highest BCUT2D eigenvalue weighted by Gasteiger charge is 2.28. The molecule has 0 spiro atoms. The van der Waals surface area contributed by atoms with E-state index in [1.165, 1.54) is 11.8 Å². The lowest BCUT2D eigenvalue weighted by atomic mass is 9.99. The number of nitrogens with zero attached hydrogens (tertiary/aromatic N) is 2. The summed E-state index contributed by atoms with van der Waals surface area (Å²) in [6.07, 6.45) is 3.22. The van der Waals surface area contributed by atoms with Crippen LogP contribution in [0.2, 0.25) is 0 Å². The number of methoxy groups -OCH3 is 1. The Hall–Kier alpha value is -2.63. The summed E-state index contributed by atoms with van der Waals surface area (Å²) in [7, 11) is 1.65. The highest BCUT2D eigenvalue weighted by atomic mass is 16.5. The van der Waals surface area contributed by atoms with Crippen molar-refractivity contribution in [3.8, 4) is 5.75 Å². The molecular formula is C18H21N3O3. The van der Waals surface area contributed by atoms with E-state index in [9.17, 15) is 9.59 Å². The number of amides is 1. The topological polar surface area (TPSA) is 75.3 Å². The second kappa shape index (κ2) is 6.86. The molecule has 0 radical (unpaired) electrons. The molecule has 1 fully saturated rings. The van der Waals surface area contributed by atoms with Gasteiger partial charge >= 0.3 is 0 Å². The van der Waals surface area contributed by atoms with Crippen molar-refractivity contribution in [2.45, 2.75) is 19.8 Å². The minimum Gasteiger partial charge on any atom is -0.497 e. The molecule has 126 valence electrons. The van der Waals surface area contributed by atoms with Crippen LogP contribution in [0.5, 0.6) is 5.75 Å². The first-order valence-corrected chi connectivity index (χ1v) is 8.05. The Kier molecular flexibility index (Phi) is 4.64. The fourth-order valence-corrected chi connectivity index (χ4v) is 3.09. The highest BCUT2D eigenvalue weighted by Crippen LogP contribution is 2.23. The molecule has 1 aromatic carbocycles. The minimum absolute atomic E-state index is 0.116. The van der Waals surface area contributed by atoms with Crippen LogP contribution in [-0.2, 0) is 6.42 Å². The molecule has 0 aliphatic carbocycles. The first-order chi connectivity index (χ1) is 11.6. The van der Waals surface area contributed by atoms with Crippen LogP contribution in [0.1, 0.15) is 28.2 Å². The second-order valence-corrected chi connectivity index (χ2v) is 6.17. The van der Waals surface area contributed by atoms with Crippen molar-refractivity contribution in [1.82, 2.24) is 14.9 Å². The number of ether oxygens (including phenoxy) is 1. The number of rotatable bonds is 4. The highest BCUT2D eigenvalue weighted by molar-refractivity contribution is 5.93. The number of benzene rings is 1. The molecule has 1 N–H and O–H groups in total. The fourth-order valence-electron chi connectivity index (χ4n) is 3.09. The summed E-state index contributed by atoms with van der Waals surface area (Å²) >= 11 is 0. The Morgan fingerprint density at radius 1 is 1.38 bits per heavy atom. The summed E-state index contributed by atoms with van der Waals surface area (Å²) in [5.74, 6) is 1.52. The van der Waals surface area contributed by atoms with E-state index in [4.69, 9.17) is 4.74 Å². The molecule has 0 bridgehead atoms. The van der Waals surface area contributed by atoms with Gasteiger partial charge in [0.05, 0.1) is 7.11 Å². The number of carbonyl (C=O) groups excluding carboxylic acids is 1. The van der Waals surface area contributed by atoms with E-state index in [2.05, 4.69) is 22.1 Å². The number of carbonyl (C=O) groups is 1. The largest absolute Gasteiger partial charge is 0.497 e. The van der Waals surface area contributed by atoms with Crippen LogP contribution in [0.25, 0.3) is 0 Å². The Bertz CT molecular complexity index is 783. The smallest absolute Gasteiger partial charge is 0.263 e. The summed E-state index contributed by atoms with van der Waals surface area (Å²) in [5.41, 5.74) is 0.974. The van der Waals surface area contributed by atoms with Gasteiger partial charge in [0.2, 0.25) is 0 Å². The molecule has 3 rings (SSSR count). The summed E-state index contributed by atoms with van der Waals surface area (Å²) < 4.78 is 5.16. The number of hydrogen-bond donors (Lipinski definition) is 1. The average molecular weight is 327 g/mol. The van der Waals surface area contributed by atoms with Crippen molar-refractivity contribution in [1.29, 1.82) is 0 Å². The van der Waals surface area contributed by atoms with Gasteiger partial charge < -0.3 is 14.6 Å². The number of likely N-dealkylation sites (tertiary alicyclic amines) is 1. The van der Waals surface area contributed by atoms with Crippen molar-refractivity contribution < 1.29 is 9.53 Å². The van der Waals surface area contributed by atoms with Crippen molar-refractivity contribution in [3.05, 3.63) is 57.8 Å². The molecule has 1 saturated heterocycles. The van der Waals surface area contributed by atoms with Gasteiger partial charge in [-0.1, -0.05) is 12.1 Å². The van der Waals surface area contributed by atoms with E-state index in [1.54, 1.807) is 18.9 Å². The molecule has 6 heteroatoms. The van der Waals surface area contributed by atoms with Gasteiger partial charge in [0.1, 0.15) is 17.1 Å². The van der Waals surface area contributed by atoms with Crippen molar-refractivity contribution in [3.63, 3.8) is 0 Å². The maximum absolute atomic E-state index is 12.5.